The molecular weight excluding hydrogens is 1520 g/mol. The van der Waals surface area contributed by atoms with Crippen LogP contribution in [0, 0.1) is 5.92 Å². The smallest absolute Gasteiger partial charge is 0.331 e. The van der Waals surface area contributed by atoms with Gasteiger partial charge in [0, 0.05) is 59.9 Å². The number of hydrogen-bond acceptors (Lipinski definition) is 20. The van der Waals surface area contributed by atoms with Crippen molar-refractivity contribution in [1.82, 2.24) is 73.8 Å². The molecule has 3 aromatic carbocycles. The average Bonchev–Trinajstić information content (AvgIpc) is 1.63. The number of rotatable bonds is 51. The average molecular weight is 1650 g/mol. The van der Waals surface area contributed by atoms with Crippen molar-refractivity contribution in [2.24, 2.45) is 28.9 Å². The highest BCUT2D eigenvalue weighted by molar-refractivity contribution is 6.01. The number of nitrogens with two attached hydrogens (primary N) is 4. The number of fused-ring (bicyclic) bond motifs is 2. The maximum atomic E-state index is 15.1. The number of aromatic nitrogens is 2. The number of benzene rings is 3. The van der Waals surface area contributed by atoms with Crippen LogP contribution in [0.25, 0.3) is 21.8 Å². The second-order valence-electron chi connectivity index (χ2n) is 30.2. The molecule has 13 amide bonds. The quantitative estimate of drug-likeness (QED) is 0.0191. The number of cyclic esters (lactones) is 1. The summed E-state index contributed by atoms with van der Waals surface area (Å²) in [6, 6.07) is 4.85. The Kier molecular flexibility index (Phi) is 41.6. The number of aliphatic hydroxyl groups excluding tert-OH is 1. The number of carbonyl (C=O) groups excluding carboxylic acids is 14. The SMILES string of the molecule is CCCCCCCCCCCCCCCC(=O)N[C@H](CC(N)=O)C(=O)N[C@H](Cc1ccc(O)cc1)C(=O)N[C@H](Cc1c[nH]c2ccccc12)C(=O)N[C@H](CCCN)C(=O)N[C@@H](CCCN)C(=O)NCC(=O)N[C@H](CCCN)C(=O)N[C@@H](Cc1c[nH]c2ccccc12)C(=O)N[C@@H]1C(=O)N[C@@H]([C@@H](C)CC)C(=O)NCC(=O)N[C@@H](CO)C(=O)O[C@@H]1C. The summed E-state index contributed by atoms with van der Waals surface area (Å²) in [7, 11) is 0. The number of unbranched alkanes of at least 4 members (excludes halogenated alkanes) is 12. The molecule has 1 aliphatic rings. The molecule has 6 rings (SSSR count). The van der Waals surface area contributed by atoms with E-state index >= 15 is 4.79 Å². The number of aliphatic hydroxyl groups is 1. The normalized spacial score (nSPS) is 17.3. The Morgan fingerprint density at radius 2 is 0.966 bits per heavy atom. The van der Waals surface area contributed by atoms with Gasteiger partial charge in [-0.3, -0.25) is 62.3 Å². The first kappa shape index (κ1) is 95.8. The lowest BCUT2D eigenvalue weighted by Crippen LogP contribution is -2.62. The molecule has 12 atom stereocenters. The van der Waals surface area contributed by atoms with Gasteiger partial charge >= 0.3 is 5.97 Å². The second-order valence-corrected chi connectivity index (χ2v) is 30.2. The molecule has 3 heterocycles. The van der Waals surface area contributed by atoms with E-state index in [9.17, 15) is 72.5 Å². The lowest BCUT2D eigenvalue weighted by atomic mass is 9.97. The monoisotopic (exact) mass is 1640 g/mol. The number of amides is 13. The molecule has 0 spiro atoms. The molecular formula is C83H124N18O17. The first-order valence-corrected chi connectivity index (χ1v) is 41.3. The van der Waals surface area contributed by atoms with E-state index in [1.807, 2.05) is 0 Å². The third-order valence-corrected chi connectivity index (χ3v) is 20.8. The molecule has 0 aliphatic carbocycles. The number of nitrogens with one attached hydrogen (secondary N) is 14. The summed E-state index contributed by atoms with van der Waals surface area (Å²) in [5.41, 5.74) is 26.3. The minimum absolute atomic E-state index is 0.0279. The van der Waals surface area contributed by atoms with E-state index in [-0.39, 0.29) is 89.6 Å². The fraction of sp³-hybridized carbons (Fsp3) is 0.566. The van der Waals surface area contributed by atoms with Crippen LogP contribution >= 0.6 is 0 Å². The molecule has 648 valence electrons. The first-order chi connectivity index (χ1) is 56.7. The van der Waals surface area contributed by atoms with Crippen LogP contribution in [0.15, 0.2) is 85.2 Å². The van der Waals surface area contributed by atoms with Gasteiger partial charge in [0.2, 0.25) is 76.8 Å². The molecule has 1 aliphatic heterocycles. The van der Waals surface area contributed by atoms with Crippen molar-refractivity contribution in [2.75, 3.05) is 39.3 Å². The van der Waals surface area contributed by atoms with Gasteiger partial charge in [-0.2, -0.15) is 0 Å². The topological polar surface area (TPSA) is 569 Å². The van der Waals surface area contributed by atoms with E-state index in [1.54, 1.807) is 74.8 Å². The third-order valence-electron chi connectivity index (χ3n) is 20.8. The number of aromatic amines is 2. The maximum Gasteiger partial charge on any atom is 0.331 e. The van der Waals surface area contributed by atoms with Gasteiger partial charge in [-0.05, 0) is 118 Å². The lowest BCUT2D eigenvalue weighted by Gasteiger charge is -2.30. The van der Waals surface area contributed by atoms with Crippen molar-refractivity contribution in [3.8, 4) is 5.75 Å². The van der Waals surface area contributed by atoms with Crippen molar-refractivity contribution in [2.45, 2.75) is 255 Å². The Morgan fingerprint density at radius 1 is 0.517 bits per heavy atom. The molecule has 24 N–H and O–H groups in total. The minimum atomic E-state index is -1.79. The van der Waals surface area contributed by atoms with Crippen LogP contribution in [-0.2, 0) is 91.1 Å². The summed E-state index contributed by atoms with van der Waals surface area (Å²) < 4.78 is 5.58. The van der Waals surface area contributed by atoms with E-state index in [2.05, 4.69) is 80.7 Å². The minimum Gasteiger partial charge on any atom is -0.508 e. The van der Waals surface area contributed by atoms with Crippen molar-refractivity contribution < 1.29 is 82.1 Å². The first-order valence-electron chi connectivity index (χ1n) is 41.3. The molecule has 35 nitrogen and oxygen atoms in total. The van der Waals surface area contributed by atoms with Crippen molar-refractivity contribution in [3.63, 3.8) is 0 Å². The van der Waals surface area contributed by atoms with E-state index in [0.29, 0.717) is 51.3 Å². The molecule has 0 radical (unpaired) electrons. The van der Waals surface area contributed by atoms with Crippen LogP contribution in [-0.4, -0.2) is 209 Å². The zero-order chi connectivity index (χ0) is 86.1. The van der Waals surface area contributed by atoms with Gasteiger partial charge in [-0.1, -0.05) is 153 Å². The van der Waals surface area contributed by atoms with Gasteiger partial charge in [0.15, 0.2) is 6.04 Å². The van der Waals surface area contributed by atoms with Crippen LogP contribution in [0.3, 0.4) is 0 Å². The predicted octanol–water partition coefficient (Wildman–Crippen LogP) is 1.02. The summed E-state index contributed by atoms with van der Waals surface area (Å²) >= 11 is 0. The Morgan fingerprint density at radius 3 is 1.47 bits per heavy atom. The zero-order valence-corrected chi connectivity index (χ0v) is 68.3. The molecule has 35 heteroatoms. The molecule has 0 saturated carbocycles. The predicted molar refractivity (Wildman–Crippen MR) is 442 cm³/mol. The number of primary amides is 1. The van der Waals surface area contributed by atoms with E-state index in [1.165, 1.54) is 76.1 Å². The second kappa shape index (κ2) is 51.2. The largest absolute Gasteiger partial charge is 0.508 e. The summed E-state index contributed by atoms with van der Waals surface area (Å²) in [4.78, 5) is 204. The van der Waals surface area contributed by atoms with Crippen LogP contribution in [0.1, 0.15) is 186 Å². The Balaban J connectivity index is 1.19. The highest BCUT2D eigenvalue weighted by Gasteiger charge is 2.40. The fourth-order valence-corrected chi connectivity index (χ4v) is 13.8. The number of ether oxygens (including phenoxy) is 1. The van der Waals surface area contributed by atoms with Gasteiger partial charge < -0.3 is 112 Å². The number of phenols is 1. The van der Waals surface area contributed by atoms with E-state index < -0.39 is 181 Å². The number of aromatic hydroxyl groups is 1. The van der Waals surface area contributed by atoms with Gasteiger partial charge in [0.05, 0.1) is 26.1 Å². The number of H-pyrrole nitrogens is 2. The molecule has 2 aromatic heterocycles. The van der Waals surface area contributed by atoms with Crippen LogP contribution in [0.5, 0.6) is 5.75 Å². The fourth-order valence-electron chi connectivity index (χ4n) is 13.8. The number of phenolic OH excluding ortho intramolecular Hbond substituents is 1. The van der Waals surface area contributed by atoms with E-state index in [4.69, 9.17) is 27.7 Å². The van der Waals surface area contributed by atoms with Crippen LogP contribution < -0.4 is 86.7 Å². The summed E-state index contributed by atoms with van der Waals surface area (Å²) in [6.45, 7) is 4.62. The van der Waals surface area contributed by atoms with Crippen molar-refractivity contribution >= 4 is 105 Å². The number of hydrogen-bond donors (Lipinski definition) is 20. The zero-order valence-electron chi connectivity index (χ0n) is 68.3. The summed E-state index contributed by atoms with van der Waals surface area (Å²) in [5.74, 6) is -13.2. The van der Waals surface area contributed by atoms with Crippen LogP contribution in [0.2, 0.25) is 0 Å². The maximum absolute atomic E-state index is 15.1. The molecule has 5 aromatic rings. The molecule has 1 fully saturated rings. The van der Waals surface area contributed by atoms with Gasteiger partial charge in [0.1, 0.15) is 66.2 Å². The van der Waals surface area contributed by atoms with Crippen molar-refractivity contribution in [3.05, 3.63) is 102 Å². The number of esters is 1. The Labute approximate surface area is 688 Å². The molecule has 0 unspecified atom stereocenters. The lowest BCUT2D eigenvalue weighted by molar-refractivity contribution is -0.157. The highest BCUT2D eigenvalue weighted by Crippen LogP contribution is 2.23. The summed E-state index contributed by atoms with van der Waals surface area (Å²) in [5, 5.41) is 52.8. The highest BCUT2D eigenvalue weighted by atomic mass is 16.5. The Bertz CT molecular complexity index is 4120. The van der Waals surface area contributed by atoms with Crippen LogP contribution in [0.4, 0.5) is 0 Å². The third kappa shape index (κ3) is 32.1. The van der Waals surface area contributed by atoms with Gasteiger partial charge in [0.25, 0.3) is 0 Å². The van der Waals surface area contributed by atoms with Crippen molar-refractivity contribution in [1.29, 1.82) is 0 Å². The Hall–Kier alpha value is -11.0. The standard InChI is InChI=1S/C83H124N18O17/c1-5-7-8-9-10-11-12-13-14-15-16-17-18-33-69(105)93-66(44-68(87)104)79(113)97-63(41-52-34-36-55(103)37-35-52)77(111)99-64(42-53-45-88-58-28-21-19-26-56(53)58)78(112)96-62(32-25-40-86)76(110)95-60(30-23-38-84)74(108)90-47-70(106)92-61(31-24-39-85)75(109)98-65(43-54-46-89-59-29-22-20-27-57(54)59)80(114)101-73-51(4)118-83(117)67(49-102)94-71(107)48-91-81(115)72(50(3)6-2)100-82(73)116/h19-22,26-29,34-37,45-46,50-51,60-67,72-73,88-89,102-103H,5-18,23-25,30-33,38-44,47-49,84-86H2,1-4H3,(H2,87,104)(H,90,108)(H,91,115)(H,92,106)(H,93,105)(H,94,107)(H,95,110)(H,96,112)(H,97,113)(H,98,109)(H,99,111)(H,100,116)(H,101,114)/t50-,51+,60-,61+,62+,63+,64+,65-,66+,67-,72-,73-/m0/s1. The summed E-state index contributed by atoms with van der Waals surface area (Å²) in [6.07, 6.45) is 15.2. The molecule has 0 bridgehead atoms. The number of carbonyl (C=O) groups is 14. The molecule has 1 saturated heterocycles. The van der Waals surface area contributed by atoms with Gasteiger partial charge in [-0.25, -0.2) is 4.79 Å². The van der Waals surface area contributed by atoms with Gasteiger partial charge in [-0.15, -0.1) is 0 Å². The molecule has 118 heavy (non-hydrogen) atoms. The van der Waals surface area contributed by atoms with E-state index in [0.717, 1.165) is 32.1 Å². The number of para-hydroxylation sites is 2.